The zero-order chi connectivity index (χ0) is 27.2. The fourth-order valence-electron chi connectivity index (χ4n) is 7.65. The molecule has 2 amide bonds. The van der Waals surface area contributed by atoms with Crippen LogP contribution in [-0.4, -0.2) is 83.7 Å². The van der Waals surface area contributed by atoms with Crippen LogP contribution in [0, 0.1) is 5.92 Å². The quantitative estimate of drug-likeness (QED) is 0.561. The van der Waals surface area contributed by atoms with Gasteiger partial charge in [0.25, 0.3) is 0 Å². The van der Waals surface area contributed by atoms with Crippen LogP contribution in [0.1, 0.15) is 49.7 Å². The highest BCUT2D eigenvalue weighted by Crippen LogP contribution is 2.43. The van der Waals surface area contributed by atoms with Crippen molar-refractivity contribution in [1.82, 2.24) is 25.3 Å². The summed E-state index contributed by atoms with van der Waals surface area (Å²) < 4.78 is 0. The van der Waals surface area contributed by atoms with Crippen LogP contribution in [-0.2, 0) is 22.7 Å². The minimum atomic E-state index is -0.312. The summed E-state index contributed by atoms with van der Waals surface area (Å²) in [6.45, 7) is 7.45. The number of benzene rings is 2. The van der Waals surface area contributed by atoms with Crippen LogP contribution in [0.4, 0.5) is 5.69 Å². The first-order valence-corrected chi connectivity index (χ1v) is 15.2. The molecule has 4 aliphatic heterocycles. The van der Waals surface area contributed by atoms with E-state index in [1.54, 1.807) is 0 Å². The molecule has 0 unspecified atom stereocenters. The largest absolute Gasteiger partial charge is 0.337 e. The number of anilines is 1. The van der Waals surface area contributed by atoms with E-state index < -0.39 is 0 Å². The Morgan fingerprint density at radius 1 is 0.800 bits per heavy atom. The van der Waals surface area contributed by atoms with Crippen molar-refractivity contribution < 1.29 is 9.59 Å². The number of nitrogens with zero attached hydrogens (tertiary/aromatic N) is 4. The molecule has 7 rings (SSSR count). The Labute approximate surface area is 237 Å². The highest BCUT2D eigenvalue weighted by molar-refractivity contribution is 5.98. The summed E-state index contributed by atoms with van der Waals surface area (Å²) in [6, 6.07) is 19.1. The normalized spacial score (nSPS) is 25.2. The standard InChI is InChI=1S/C32H42N6O2/c39-29-23-36(31(34-29)11-15-33-16-12-31)22-27-7-4-8-28(19-27)38-30(40)24-37(21-25-5-2-1-3-6-25)32(38)13-17-35(18-14-32)20-26-9-10-26/h1-8,19,26,33H,9-18,20-24H2,(H,34,39). The zero-order valence-corrected chi connectivity index (χ0v) is 23.5. The second-order valence-electron chi connectivity index (χ2n) is 12.7. The van der Waals surface area contributed by atoms with Gasteiger partial charge < -0.3 is 15.5 Å². The second-order valence-corrected chi connectivity index (χ2v) is 12.7. The molecule has 2 N–H and O–H groups in total. The van der Waals surface area contributed by atoms with E-state index in [4.69, 9.17) is 0 Å². The van der Waals surface area contributed by atoms with Crippen molar-refractivity contribution in [2.45, 2.75) is 62.9 Å². The molecule has 2 aromatic carbocycles. The Morgan fingerprint density at radius 3 is 2.27 bits per heavy atom. The van der Waals surface area contributed by atoms with E-state index in [-0.39, 0.29) is 23.1 Å². The van der Waals surface area contributed by atoms with E-state index in [2.05, 4.69) is 84.8 Å². The molecule has 1 saturated carbocycles. The van der Waals surface area contributed by atoms with Crippen molar-refractivity contribution in [3.63, 3.8) is 0 Å². The van der Waals surface area contributed by atoms with Crippen molar-refractivity contribution in [3.8, 4) is 0 Å². The number of hydrogen-bond acceptors (Lipinski definition) is 6. The second kappa shape index (κ2) is 10.6. The third-order valence-corrected chi connectivity index (χ3v) is 9.95. The van der Waals surface area contributed by atoms with Gasteiger partial charge >= 0.3 is 0 Å². The van der Waals surface area contributed by atoms with Crippen molar-refractivity contribution in [2.24, 2.45) is 5.92 Å². The van der Waals surface area contributed by atoms with E-state index >= 15 is 0 Å². The summed E-state index contributed by atoms with van der Waals surface area (Å²) in [5, 5.41) is 6.71. The number of amides is 2. The Kier molecular flexibility index (Phi) is 6.90. The van der Waals surface area contributed by atoms with E-state index in [0.29, 0.717) is 19.6 Å². The van der Waals surface area contributed by atoms with E-state index in [1.807, 2.05) is 0 Å². The van der Waals surface area contributed by atoms with Crippen LogP contribution in [0.15, 0.2) is 54.6 Å². The molecule has 0 atom stereocenters. The molecule has 40 heavy (non-hydrogen) atoms. The van der Waals surface area contributed by atoms with Gasteiger partial charge in [-0.05, 0) is 80.8 Å². The van der Waals surface area contributed by atoms with Gasteiger partial charge in [0.1, 0.15) is 5.66 Å². The topological polar surface area (TPSA) is 71.2 Å². The molecule has 4 heterocycles. The van der Waals surface area contributed by atoms with Gasteiger partial charge in [0.2, 0.25) is 11.8 Å². The predicted octanol–water partition coefficient (Wildman–Crippen LogP) is 2.75. The van der Waals surface area contributed by atoms with Crippen molar-refractivity contribution in [1.29, 1.82) is 0 Å². The van der Waals surface area contributed by atoms with Gasteiger partial charge in [0, 0.05) is 38.4 Å². The Hall–Kier alpha value is -2.78. The Balaban J connectivity index is 1.16. The summed E-state index contributed by atoms with van der Waals surface area (Å²) in [7, 11) is 0. The summed E-state index contributed by atoms with van der Waals surface area (Å²) in [5.74, 6) is 1.18. The number of rotatable bonds is 7. The van der Waals surface area contributed by atoms with Gasteiger partial charge in [-0.3, -0.25) is 24.3 Å². The van der Waals surface area contributed by atoms with Crippen LogP contribution in [0.3, 0.4) is 0 Å². The maximum absolute atomic E-state index is 13.9. The maximum Gasteiger partial charge on any atom is 0.242 e. The fraction of sp³-hybridized carbons (Fsp3) is 0.562. The lowest BCUT2D eigenvalue weighted by molar-refractivity contribution is -0.119. The first kappa shape index (κ1) is 26.1. The van der Waals surface area contributed by atoms with Gasteiger partial charge in [0.15, 0.2) is 0 Å². The third-order valence-electron chi connectivity index (χ3n) is 9.95. The number of likely N-dealkylation sites (tertiary alicyclic amines) is 1. The minimum Gasteiger partial charge on any atom is -0.337 e. The van der Waals surface area contributed by atoms with Crippen LogP contribution in [0.5, 0.6) is 0 Å². The lowest BCUT2D eigenvalue weighted by atomic mass is 9.92. The van der Waals surface area contributed by atoms with Gasteiger partial charge in [-0.2, -0.15) is 0 Å². The molecule has 0 aromatic heterocycles. The molecule has 4 saturated heterocycles. The number of hydrogen-bond donors (Lipinski definition) is 2. The maximum atomic E-state index is 13.9. The Morgan fingerprint density at radius 2 is 1.52 bits per heavy atom. The molecule has 1 aliphatic carbocycles. The molecule has 212 valence electrons. The molecule has 2 spiro atoms. The van der Waals surface area contributed by atoms with Gasteiger partial charge in [-0.25, -0.2) is 0 Å². The molecule has 0 radical (unpaired) electrons. The highest BCUT2D eigenvalue weighted by atomic mass is 16.2. The summed E-state index contributed by atoms with van der Waals surface area (Å²) >= 11 is 0. The third kappa shape index (κ3) is 4.96. The van der Waals surface area contributed by atoms with Gasteiger partial charge in [0.05, 0.1) is 18.8 Å². The molecular formula is C32H42N6O2. The molecule has 2 aromatic rings. The lowest BCUT2D eigenvalue weighted by Gasteiger charge is -2.49. The summed E-state index contributed by atoms with van der Waals surface area (Å²) in [6.07, 6.45) is 6.49. The summed E-state index contributed by atoms with van der Waals surface area (Å²) in [4.78, 5) is 35.9. The van der Waals surface area contributed by atoms with Gasteiger partial charge in [-0.15, -0.1) is 0 Å². The number of carbonyl (C=O) groups is 2. The van der Waals surface area contributed by atoms with Crippen molar-refractivity contribution in [3.05, 3.63) is 65.7 Å². The molecule has 0 bridgehead atoms. The average molecular weight is 543 g/mol. The number of carbonyl (C=O) groups excluding carboxylic acids is 2. The van der Waals surface area contributed by atoms with Crippen LogP contribution < -0.4 is 15.5 Å². The molecule has 5 aliphatic rings. The van der Waals surface area contributed by atoms with Gasteiger partial charge in [-0.1, -0.05) is 42.5 Å². The zero-order valence-electron chi connectivity index (χ0n) is 23.5. The van der Waals surface area contributed by atoms with Crippen LogP contribution in [0.2, 0.25) is 0 Å². The Bertz CT molecular complexity index is 1230. The number of piperidine rings is 2. The SMILES string of the molecule is O=C1CN(Cc2cccc(N3C(=O)CN(Cc4ccccc4)C34CCN(CC3CC3)CC4)c2)C2(CCNCC2)N1. The molecular weight excluding hydrogens is 500 g/mol. The van der Waals surface area contributed by atoms with Crippen LogP contribution in [0.25, 0.3) is 0 Å². The fourth-order valence-corrected chi connectivity index (χ4v) is 7.65. The minimum absolute atomic E-state index is 0.112. The predicted molar refractivity (Wildman–Crippen MR) is 155 cm³/mol. The molecule has 8 heteroatoms. The van der Waals surface area contributed by atoms with E-state index in [1.165, 1.54) is 24.9 Å². The number of nitrogens with one attached hydrogen (secondary N) is 2. The van der Waals surface area contributed by atoms with E-state index in [0.717, 1.165) is 75.6 Å². The van der Waals surface area contributed by atoms with Crippen molar-refractivity contribution >= 4 is 17.5 Å². The summed E-state index contributed by atoms with van der Waals surface area (Å²) in [5.41, 5.74) is 2.83. The average Bonchev–Trinajstić information content (AvgIpc) is 3.68. The molecule has 8 nitrogen and oxygen atoms in total. The lowest BCUT2D eigenvalue weighted by Crippen LogP contribution is -2.60. The van der Waals surface area contributed by atoms with Crippen molar-refractivity contribution in [2.75, 3.05) is 50.7 Å². The first-order chi connectivity index (χ1) is 19.5. The monoisotopic (exact) mass is 542 g/mol. The molecule has 5 fully saturated rings. The van der Waals surface area contributed by atoms with Crippen LogP contribution >= 0.6 is 0 Å². The van der Waals surface area contributed by atoms with E-state index in [9.17, 15) is 9.59 Å². The highest BCUT2D eigenvalue weighted by Gasteiger charge is 2.53. The first-order valence-electron chi connectivity index (χ1n) is 15.2. The smallest absolute Gasteiger partial charge is 0.242 e.